The first-order valence-corrected chi connectivity index (χ1v) is 5.73. The highest BCUT2D eigenvalue weighted by atomic mass is 19.1. The second-order valence-corrected chi connectivity index (χ2v) is 3.94. The molecule has 0 heterocycles. The molecule has 2 nitrogen and oxygen atoms in total. The lowest BCUT2D eigenvalue weighted by Gasteiger charge is -2.15. The summed E-state index contributed by atoms with van der Waals surface area (Å²) < 4.78 is 24.4. The maximum Gasteiger partial charge on any atom is 0.197 e. The fourth-order valence-corrected chi connectivity index (χ4v) is 1.28. The van der Waals surface area contributed by atoms with Crippen molar-refractivity contribution in [3.05, 3.63) is 24.0 Å². The van der Waals surface area contributed by atoms with Crippen LogP contribution in [0.3, 0.4) is 0 Å². The topological polar surface area (TPSA) is 18.5 Å². The molecule has 0 spiro atoms. The van der Waals surface area contributed by atoms with E-state index in [0.717, 1.165) is 12.8 Å². The van der Waals surface area contributed by atoms with Gasteiger partial charge in [0, 0.05) is 0 Å². The molecule has 90 valence electrons. The molecule has 0 N–H and O–H groups in total. The molecule has 0 unspecified atom stereocenters. The monoisotopic (exact) mass is 226 g/mol. The minimum absolute atomic E-state index is 0.0644. The fourth-order valence-electron chi connectivity index (χ4n) is 1.28. The van der Waals surface area contributed by atoms with Crippen molar-refractivity contribution in [1.29, 1.82) is 0 Å². The third-order valence-electron chi connectivity index (χ3n) is 2.04. The van der Waals surface area contributed by atoms with E-state index in [1.165, 1.54) is 6.07 Å². The highest BCUT2D eigenvalue weighted by Crippen LogP contribution is 2.31. The molecule has 0 aliphatic carbocycles. The van der Waals surface area contributed by atoms with Gasteiger partial charge >= 0.3 is 0 Å². The number of rotatable bonds is 6. The van der Waals surface area contributed by atoms with E-state index < -0.39 is 0 Å². The smallest absolute Gasteiger partial charge is 0.197 e. The van der Waals surface area contributed by atoms with Gasteiger partial charge < -0.3 is 9.47 Å². The number of benzene rings is 1. The van der Waals surface area contributed by atoms with Gasteiger partial charge in [-0.3, -0.25) is 0 Å². The molecule has 0 saturated carbocycles. The molecule has 16 heavy (non-hydrogen) atoms. The first kappa shape index (κ1) is 12.8. The maximum atomic E-state index is 13.5. The van der Waals surface area contributed by atoms with Crippen molar-refractivity contribution in [2.24, 2.45) is 0 Å². The lowest BCUT2D eigenvalue weighted by atomic mass is 10.3. The minimum atomic E-state index is -0.373. The Hall–Kier alpha value is -1.25. The molecule has 0 aliphatic heterocycles. The van der Waals surface area contributed by atoms with E-state index in [4.69, 9.17) is 9.47 Å². The van der Waals surface area contributed by atoms with E-state index in [9.17, 15) is 4.39 Å². The summed E-state index contributed by atoms with van der Waals surface area (Å²) in [5, 5.41) is 0. The van der Waals surface area contributed by atoms with Gasteiger partial charge in [0.2, 0.25) is 0 Å². The lowest BCUT2D eigenvalue weighted by molar-refractivity contribution is 0.209. The molecule has 1 aromatic carbocycles. The summed E-state index contributed by atoms with van der Waals surface area (Å²) >= 11 is 0. The summed E-state index contributed by atoms with van der Waals surface area (Å²) in [6, 6.07) is 4.74. The summed E-state index contributed by atoms with van der Waals surface area (Å²) in [6.07, 6.45) is 1.94. The standard InChI is InChI=1S/C13H19FO2/c1-4-5-9-15-12-8-6-7-11(14)13(12)16-10(2)3/h6-8,10H,4-5,9H2,1-3H3. The van der Waals surface area contributed by atoms with Gasteiger partial charge in [-0.2, -0.15) is 0 Å². The van der Waals surface area contributed by atoms with Gasteiger partial charge in [0.05, 0.1) is 12.7 Å². The molecule has 0 atom stereocenters. The van der Waals surface area contributed by atoms with Gasteiger partial charge in [0.15, 0.2) is 17.3 Å². The largest absolute Gasteiger partial charge is 0.490 e. The van der Waals surface area contributed by atoms with E-state index >= 15 is 0 Å². The van der Waals surface area contributed by atoms with Crippen LogP contribution in [0, 0.1) is 5.82 Å². The number of unbranched alkanes of at least 4 members (excludes halogenated alkanes) is 1. The predicted molar refractivity (Wildman–Crippen MR) is 62.6 cm³/mol. The zero-order chi connectivity index (χ0) is 12.0. The molecule has 1 rings (SSSR count). The van der Waals surface area contributed by atoms with Crippen molar-refractivity contribution in [3.8, 4) is 11.5 Å². The average molecular weight is 226 g/mol. The third kappa shape index (κ3) is 3.72. The Kier molecular flexibility index (Phi) is 5.09. The van der Waals surface area contributed by atoms with Gasteiger partial charge in [-0.05, 0) is 32.4 Å². The van der Waals surface area contributed by atoms with E-state index in [2.05, 4.69) is 6.92 Å². The average Bonchev–Trinajstić information content (AvgIpc) is 2.23. The minimum Gasteiger partial charge on any atom is -0.490 e. The number of hydrogen-bond donors (Lipinski definition) is 0. The van der Waals surface area contributed by atoms with E-state index in [-0.39, 0.29) is 17.7 Å². The molecule has 1 aromatic rings. The summed E-state index contributed by atoms with van der Waals surface area (Å²) in [4.78, 5) is 0. The molecular weight excluding hydrogens is 207 g/mol. The van der Waals surface area contributed by atoms with Gasteiger partial charge in [0.1, 0.15) is 0 Å². The Morgan fingerprint density at radius 1 is 1.31 bits per heavy atom. The molecule has 3 heteroatoms. The summed E-state index contributed by atoms with van der Waals surface area (Å²) in [6.45, 7) is 6.40. The van der Waals surface area contributed by atoms with Crippen molar-refractivity contribution in [3.63, 3.8) is 0 Å². The molecule has 0 fully saturated rings. The predicted octanol–water partition coefficient (Wildman–Crippen LogP) is 3.79. The Morgan fingerprint density at radius 3 is 2.69 bits per heavy atom. The van der Waals surface area contributed by atoms with Crippen LogP contribution in [-0.2, 0) is 0 Å². The molecule has 0 aliphatic rings. The zero-order valence-electron chi connectivity index (χ0n) is 10.1. The second-order valence-electron chi connectivity index (χ2n) is 3.94. The van der Waals surface area contributed by atoms with Crippen LogP contribution in [0.1, 0.15) is 33.6 Å². The number of hydrogen-bond acceptors (Lipinski definition) is 2. The van der Waals surface area contributed by atoms with Crippen LogP contribution in [0.25, 0.3) is 0 Å². The first-order valence-electron chi connectivity index (χ1n) is 5.73. The molecule has 0 saturated heterocycles. The normalized spacial score (nSPS) is 10.6. The Bertz CT molecular complexity index is 324. The van der Waals surface area contributed by atoms with Crippen molar-refractivity contribution < 1.29 is 13.9 Å². The van der Waals surface area contributed by atoms with Gasteiger partial charge in [-0.15, -0.1) is 0 Å². The van der Waals surface area contributed by atoms with Gasteiger partial charge in [-0.1, -0.05) is 19.4 Å². The summed E-state index contributed by atoms with van der Waals surface area (Å²) in [5.41, 5.74) is 0. The van der Waals surface area contributed by atoms with Crippen LogP contribution in [0.4, 0.5) is 4.39 Å². The quantitative estimate of drug-likeness (QED) is 0.687. The van der Waals surface area contributed by atoms with Crippen molar-refractivity contribution >= 4 is 0 Å². The van der Waals surface area contributed by atoms with Crippen molar-refractivity contribution in [1.82, 2.24) is 0 Å². The maximum absolute atomic E-state index is 13.5. The van der Waals surface area contributed by atoms with Crippen LogP contribution in [-0.4, -0.2) is 12.7 Å². The Morgan fingerprint density at radius 2 is 2.06 bits per heavy atom. The third-order valence-corrected chi connectivity index (χ3v) is 2.04. The van der Waals surface area contributed by atoms with Crippen LogP contribution < -0.4 is 9.47 Å². The van der Waals surface area contributed by atoms with Crippen LogP contribution in [0.2, 0.25) is 0 Å². The van der Waals surface area contributed by atoms with E-state index in [1.807, 2.05) is 13.8 Å². The second kappa shape index (κ2) is 6.36. The molecular formula is C13H19FO2. The lowest BCUT2D eigenvalue weighted by Crippen LogP contribution is -2.09. The van der Waals surface area contributed by atoms with Gasteiger partial charge in [0.25, 0.3) is 0 Å². The van der Waals surface area contributed by atoms with Crippen LogP contribution >= 0.6 is 0 Å². The highest BCUT2D eigenvalue weighted by Gasteiger charge is 2.12. The number of ether oxygens (including phenoxy) is 2. The zero-order valence-corrected chi connectivity index (χ0v) is 10.1. The van der Waals surface area contributed by atoms with Gasteiger partial charge in [-0.25, -0.2) is 4.39 Å². The molecule has 0 bridgehead atoms. The Balaban J connectivity index is 2.76. The van der Waals surface area contributed by atoms with Crippen LogP contribution in [0.15, 0.2) is 18.2 Å². The van der Waals surface area contributed by atoms with E-state index in [0.29, 0.717) is 12.4 Å². The van der Waals surface area contributed by atoms with E-state index in [1.54, 1.807) is 12.1 Å². The summed E-state index contributed by atoms with van der Waals surface area (Å²) in [5.74, 6) is 0.332. The molecule has 0 radical (unpaired) electrons. The number of halogens is 1. The first-order chi connectivity index (χ1) is 7.65. The Labute approximate surface area is 96.4 Å². The van der Waals surface area contributed by atoms with Crippen molar-refractivity contribution in [2.45, 2.75) is 39.7 Å². The number of para-hydroxylation sites is 1. The molecule has 0 amide bonds. The molecule has 0 aromatic heterocycles. The SMILES string of the molecule is CCCCOc1cccc(F)c1OC(C)C. The summed E-state index contributed by atoms with van der Waals surface area (Å²) in [7, 11) is 0. The highest BCUT2D eigenvalue weighted by molar-refractivity contribution is 5.41. The van der Waals surface area contributed by atoms with Crippen molar-refractivity contribution in [2.75, 3.05) is 6.61 Å². The fraction of sp³-hybridized carbons (Fsp3) is 0.538. The van der Waals surface area contributed by atoms with Crippen LogP contribution in [0.5, 0.6) is 11.5 Å².